The molecule has 0 bridgehead atoms. The van der Waals surface area contributed by atoms with Gasteiger partial charge in [0.1, 0.15) is 16.9 Å². The number of ether oxygens (including phenoxy) is 1. The second-order valence-corrected chi connectivity index (χ2v) is 9.69. The summed E-state index contributed by atoms with van der Waals surface area (Å²) >= 11 is 0. The van der Waals surface area contributed by atoms with E-state index < -0.39 is 17.2 Å². The first-order chi connectivity index (χ1) is 15.4. The molecule has 0 spiro atoms. The fraction of sp³-hybridized carbons (Fsp3) is 0.667. The molecule has 1 fully saturated rings. The number of anilines is 1. The van der Waals surface area contributed by atoms with Gasteiger partial charge in [0.05, 0.1) is 13.1 Å². The third kappa shape index (κ3) is 7.53. The van der Waals surface area contributed by atoms with Crippen LogP contribution >= 0.6 is 0 Å². The molecule has 33 heavy (non-hydrogen) atoms. The molecule has 0 saturated carbocycles. The number of carbonyl (C=O) groups is 2. The normalized spacial score (nSPS) is 15.9. The summed E-state index contributed by atoms with van der Waals surface area (Å²) in [4.78, 5) is 33.0. The van der Waals surface area contributed by atoms with Crippen LogP contribution in [0, 0.1) is 6.92 Å². The number of aromatic nitrogens is 3. The lowest BCUT2D eigenvalue weighted by Crippen LogP contribution is -2.48. The molecule has 2 aromatic rings. The first kappa shape index (κ1) is 24.6. The van der Waals surface area contributed by atoms with E-state index >= 15 is 0 Å². The molecule has 1 aliphatic rings. The van der Waals surface area contributed by atoms with Crippen LogP contribution in [0.4, 0.5) is 10.6 Å². The van der Waals surface area contributed by atoms with Crippen LogP contribution in [-0.2, 0) is 21.6 Å². The highest BCUT2D eigenvalue weighted by atomic mass is 16.6. The summed E-state index contributed by atoms with van der Waals surface area (Å²) in [6, 6.07) is 1.68. The summed E-state index contributed by atoms with van der Waals surface area (Å²) in [5, 5.41) is 13.3. The van der Waals surface area contributed by atoms with Crippen molar-refractivity contribution in [1.29, 1.82) is 0 Å². The molecule has 182 valence electrons. The predicted octanol–water partition coefficient (Wildman–Crippen LogP) is 1.88. The van der Waals surface area contributed by atoms with E-state index in [1.807, 2.05) is 0 Å². The third-order valence-electron chi connectivity index (χ3n) is 4.93. The summed E-state index contributed by atoms with van der Waals surface area (Å²) < 4.78 is 15.7. The zero-order chi connectivity index (χ0) is 24.2. The van der Waals surface area contributed by atoms with Crippen LogP contribution in [0.15, 0.2) is 15.1 Å². The number of rotatable bonds is 7. The van der Waals surface area contributed by atoms with Crippen LogP contribution in [0.3, 0.4) is 0 Å². The third-order valence-corrected chi connectivity index (χ3v) is 4.93. The molecule has 0 radical (unpaired) electrons. The number of carbonyl (C=O) groups excluding carboxylic acids is 2. The Balaban J connectivity index is 1.44. The molecule has 0 unspecified atom stereocenters. The predicted molar refractivity (Wildman–Crippen MR) is 118 cm³/mol. The van der Waals surface area contributed by atoms with Crippen LogP contribution in [0.2, 0.25) is 0 Å². The number of amides is 2. The highest BCUT2D eigenvalue weighted by Crippen LogP contribution is 2.19. The van der Waals surface area contributed by atoms with Crippen LogP contribution in [0.5, 0.6) is 0 Å². The number of alkyl carbamates (subject to hydrolysis) is 1. The average molecular weight is 464 g/mol. The first-order valence-corrected chi connectivity index (χ1v) is 10.9. The second-order valence-electron chi connectivity index (χ2n) is 9.69. The highest BCUT2D eigenvalue weighted by molar-refractivity contribution is 5.91. The van der Waals surface area contributed by atoms with E-state index in [1.165, 1.54) is 0 Å². The Morgan fingerprint density at radius 3 is 2.33 bits per heavy atom. The molecule has 0 aliphatic carbocycles. The smallest absolute Gasteiger partial charge is 0.408 e. The number of hydrogen-bond donors (Lipinski definition) is 2. The number of nitrogens with zero attached hydrogens (tertiary/aromatic N) is 5. The molecule has 1 aliphatic heterocycles. The molecule has 0 atom stereocenters. The van der Waals surface area contributed by atoms with Crippen molar-refractivity contribution >= 4 is 17.8 Å². The Kier molecular flexibility index (Phi) is 7.38. The lowest BCUT2D eigenvalue weighted by Gasteiger charge is -2.33. The molecule has 2 N–H and O–H groups in total. The quantitative estimate of drug-likeness (QED) is 0.625. The van der Waals surface area contributed by atoms with Crippen molar-refractivity contribution < 1.29 is 23.4 Å². The van der Waals surface area contributed by atoms with Gasteiger partial charge in [-0.15, -0.1) is 0 Å². The Hall–Kier alpha value is -2.99. The Morgan fingerprint density at radius 1 is 1.06 bits per heavy atom. The van der Waals surface area contributed by atoms with E-state index in [0.717, 1.165) is 26.2 Å². The molecule has 0 aromatic carbocycles. The van der Waals surface area contributed by atoms with Crippen molar-refractivity contribution in [2.45, 2.75) is 59.2 Å². The van der Waals surface area contributed by atoms with Crippen LogP contribution in [0.25, 0.3) is 0 Å². The van der Waals surface area contributed by atoms with Gasteiger partial charge in [0.25, 0.3) is 0 Å². The van der Waals surface area contributed by atoms with Gasteiger partial charge in [-0.2, -0.15) is 4.98 Å². The first-order valence-electron chi connectivity index (χ1n) is 10.9. The fourth-order valence-electron chi connectivity index (χ4n) is 3.30. The Bertz CT molecular complexity index is 954. The Morgan fingerprint density at radius 2 is 1.73 bits per heavy atom. The molecular weight excluding hydrogens is 430 g/mol. The van der Waals surface area contributed by atoms with E-state index in [2.05, 4.69) is 35.7 Å². The number of aryl methyl sites for hydroxylation is 1. The summed E-state index contributed by atoms with van der Waals surface area (Å²) in [6.07, 6.45) is -0.544. The van der Waals surface area contributed by atoms with Crippen molar-refractivity contribution in [3.63, 3.8) is 0 Å². The van der Waals surface area contributed by atoms with Gasteiger partial charge in [-0.1, -0.05) is 10.3 Å². The molecule has 3 heterocycles. The lowest BCUT2D eigenvalue weighted by atomic mass is 10.1. The van der Waals surface area contributed by atoms with Gasteiger partial charge in [0.15, 0.2) is 11.6 Å². The number of piperazine rings is 1. The Labute approximate surface area is 193 Å². The minimum atomic E-state index is -0.849. The highest BCUT2D eigenvalue weighted by Gasteiger charge is 2.31. The standard InChI is InChI=1S/C21H33N7O5/c1-14-11-15(25-32-14)22-16(29)12-27-7-9-28(10-8-27)13-17-23-18(26-33-17)21(5,6)24-19(30)31-20(2,3)4/h11H,7-10,12-13H2,1-6H3,(H,24,30)(H,22,25,29). The molecule has 12 heteroatoms. The maximum absolute atomic E-state index is 12.2. The molecule has 2 amide bonds. The minimum absolute atomic E-state index is 0.127. The van der Waals surface area contributed by atoms with Crippen molar-refractivity contribution in [1.82, 2.24) is 30.4 Å². The SMILES string of the molecule is Cc1cc(NC(=O)CN2CCN(Cc3nc(C(C)(C)NC(=O)OC(C)(C)C)no3)CC2)no1. The van der Waals surface area contributed by atoms with E-state index in [-0.39, 0.29) is 12.5 Å². The zero-order valence-electron chi connectivity index (χ0n) is 20.1. The van der Waals surface area contributed by atoms with Gasteiger partial charge >= 0.3 is 6.09 Å². The maximum atomic E-state index is 12.2. The van der Waals surface area contributed by atoms with Gasteiger partial charge in [-0.3, -0.25) is 14.6 Å². The van der Waals surface area contributed by atoms with Crippen molar-refractivity contribution in [3.8, 4) is 0 Å². The van der Waals surface area contributed by atoms with Gasteiger partial charge in [-0.05, 0) is 41.5 Å². The van der Waals surface area contributed by atoms with Crippen LogP contribution in [0.1, 0.15) is 52.1 Å². The van der Waals surface area contributed by atoms with E-state index in [0.29, 0.717) is 29.8 Å². The summed E-state index contributed by atoms with van der Waals surface area (Å²) in [7, 11) is 0. The van der Waals surface area contributed by atoms with E-state index in [1.54, 1.807) is 47.6 Å². The number of hydrogen-bond acceptors (Lipinski definition) is 10. The monoisotopic (exact) mass is 463 g/mol. The molecule has 3 rings (SSSR count). The van der Waals surface area contributed by atoms with Gasteiger partial charge in [0, 0.05) is 32.2 Å². The van der Waals surface area contributed by atoms with E-state index in [4.69, 9.17) is 13.8 Å². The topological polar surface area (TPSA) is 139 Å². The van der Waals surface area contributed by atoms with Gasteiger partial charge < -0.3 is 24.4 Å². The zero-order valence-corrected chi connectivity index (χ0v) is 20.1. The largest absolute Gasteiger partial charge is 0.444 e. The molecule has 2 aromatic heterocycles. The lowest BCUT2D eigenvalue weighted by molar-refractivity contribution is -0.117. The maximum Gasteiger partial charge on any atom is 0.408 e. The van der Waals surface area contributed by atoms with Gasteiger partial charge in [-0.25, -0.2) is 4.79 Å². The van der Waals surface area contributed by atoms with Crippen LogP contribution in [-0.4, -0.2) is 75.4 Å². The molecule has 12 nitrogen and oxygen atoms in total. The minimum Gasteiger partial charge on any atom is -0.444 e. The number of nitrogens with one attached hydrogen (secondary N) is 2. The van der Waals surface area contributed by atoms with Crippen LogP contribution < -0.4 is 10.6 Å². The fourth-order valence-corrected chi connectivity index (χ4v) is 3.30. The van der Waals surface area contributed by atoms with Gasteiger partial charge in [0.2, 0.25) is 11.8 Å². The molecule has 1 saturated heterocycles. The second kappa shape index (κ2) is 9.87. The summed E-state index contributed by atoms with van der Waals surface area (Å²) in [6.45, 7) is 14.5. The summed E-state index contributed by atoms with van der Waals surface area (Å²) in [5.41, 5.74) is -1.45. The average Bonchev–Trinajstić information content (AvgIpc) is 3.30. The molecular formula is C21H33N7O5. The van der Waals surface area contributed by atoms with Crippen molar-refractivity contribution in [2.24, 2.45) is 0 Å². The van der Waals surface area contributed by atoms with E-state index in [9.17, 15) is 9.59 Å². The van der Waals surface area contributed by atoms with Crippen molar-refractivity contribution in [2.75, 3.05) is 38.0 Å². The summed E-state index contributed by atoms with van der Waals surface area (Å²) in [5.74, 6) is 1.79. The van der Waals surface area contributed by atoms with Crippen molar-refractivity contribution in [3.05, 3.63) is 23.5 Å².